The number of carbonyl (C=O) groups excluding carboxylic acids is 3. The molecular formula is C27H43ClN4O6. The van der Waals surface area contributed by atoms with E-state index in [9.17, 15) is 19.5 Å². The number of para-hydroxylation sites is 1. The summed E-state index contributed by atoms with van der Waals surface area (Å²) in [4.78, 5) is 39.6. The third-order valence-corrected chi connectivity index (χ3v) is 7.56. The summed E-state index contributed by atoms with van der Waals surface area (Å²) >= 11 is 0. The summed E-state index contributed by atoms with van der Waals surface area (Å²) in [5, 5.41) is 16.3. The fourth-order valence-electron chi connectivity index (χ4n) is 5.48. The highest BCUT2D eigenvalue weighted by Gasteiger charge is 2.41. The van der Waals surface area contributed by atoms with E-state index in [0.29, 0.717) is 32.2 Å². The SMILES string of the molecule is COC(=O)NC1Cc2ccccc2N(C(=O)CC(C)(C)C[C@H](N)[C@@H](O)CNC(=O)C2(OC)CCCC2)C1.Cl. The molecule has 0 saturated heterocycles. The van der Waals surface area contributed by atoms with Crippen LogP contribution < -0.4 is 21.3 Å². The zero-order valence-corrected chi connectivity index (χ0v) is 23.6. The second-order valence-electron chi connectivity index (χ2n) is 11.1. The van der Waals surface area contributed by atoms with E-state index in [1.807, 2.05) is 38.1 Å². The molecule has 2 aliphatic rings. The molecule has 1 aliphatic carbocycles. The highest BCUT2D eigenvalue weighted by atomic mass is 35.5. The van der Waals surface area contributed by atoms with Crippen molar-refractivity contribution in [2.75, 3.05) is 32.2 Å². The van der Waals surface area contributed by atoms with Gasteiger partial charge in [0, 0.05) is 38.3 Å². The van der Waals surface area contributed by atoms with E-state index in [4.69, 9.17) is 15.2 Å². The molecule has 1 fully saturated rings. The Morgan fingerprint density at radius 3 is 2.50 bits per heavy atom. The van der Waals surface area contributed by atoms with E-state index in [0.717, 1.165) is 24.1 Å². The topological polar surface area (TPSA) is 143 Å². The number of halogens is 1. The number of amides is 3. The minimum absolute atomic E-state index is 0. The van der Waals surface area contributed by atoms with Crippen LogP contribution in [0.15, 0.2) is 24.3 Å². The van der Waals surface area contributed by atoms with E-state index in [1.165, 1.54) is 7.11 Å². The molecule has 214 valence electrons. The summed E-state index contributed by atoms with van der Waals surface area (Å²) in [5.41, 5.74) is 6.78. The number of anilines is 1. The number of hydrogen-bond acceptors (Lipinski definition) is 7. The van der Waals surface area contributed by atoms with Gasteiger partial charge in [-0.2, -0.15) is 0 Å². The van der Waals surface area contributed by atoms with Crippen molar-refractivity contribution >= 4 is 36.0 Å². The monoisotopic (exact) mass is 554 g/mol. The second kappa shape index (κ2) is 13.6. The third-order valence-electron chi connectivity index (χ3n) is 7.56. The maximum absolute atomic E-state index is 13.5. The Bertz CT molecular complexity index is 969. The van der Waals surface area contributed by atoms with Crippen LogP contribution in [-0.2, 0) is 25.5 Å². The van der Waals surface area contributed by atoms with E-state index in [1.54, 1.807) is 12.0 Å². The lowest BCUT2D eigenvalue weighted by molar-refractivity contribution is -0.143. The zero-order chi connectivity index (χ0) is 27.2. The molecule has 11 heteroatoms. The van der Waals surface area contributed by atoms with Gasteiger partial charge in [0.2, 0.25) is 5.91 Å². The largest absolute Gasteiger partial charge is 0.453 e. The lowest BCUT2D eigenvalue weighted by atomic mass is 9.80. The van der Waals surface area contributed by atoms with Crippen molar-refractivity contribution in [2.24, 2.45) is 11.1 Å². The van der Waals surface area contributed by atoms with Crippen LogP contribution in [0.5, 0.6) is 0 Å². The van der Waals surface area contributed by atoms with Crippen LogP contribution in [0.2, 0.25) is 0 Å². The van der Waals surface area contributed by atoms with E-state index in [-0.39, 0.29) is 43.2 Å². The highest BCUT2D eigenvalue weighted by molar-refractivity contribution is 5.95. The van der Waals surface area contributed by atoms with Gasteiger partial charge in [-0.3, -0.25) is 9.59 Å². The summed E-state index contributed by atoms with van der Waals surface area (Å²) < 4.78 is 10.2. The first-order valence-corrected chi connectivity index (χ1v) is 13.0. The van der Waals surface area contributed by atoms with E-state index < -0.39 is 29.3 Å². The third kappa shape index (κ3) is 7.81. The van der Waals surface area contributed by atoms with Crippen LogP contribution in [0.1, 0.15) is 57.9 Å². The predicted octanol–water partition coefficient (Wildman–Crippen LogP) is 2.29. The molecule has 3 amide bonds. The summed E-state index contributed by atoms with van der Waals surface area (Å²) in [6, 6.07) is 6.75. The van der Waals surface area contributed by atoms with E-state index >= 15 is 0 Å². The highest BCUT2D eigenvalue weighted by Crippen LogP contribution is 2.34. The number of nitrogens with zero attached hydrogens (tertiary/aromatic N) is 1. The van der Waals surface area contributed by atoms with Crippen LogP contribution in [0.25, 0.3) is 0 Å². The number of alkyl carbamates (subject to hydrolysis) is 1. The number of aliphatic hydroxyl groups is 1. The normalized spacial score (nSPS) is 19.9. The van der Waals surface area contributed by atoms with Gasteiger partial charge in [0.05, 0.1) is 19.3 Å². The van der Waals surface area contributed by atoms with Crippen molar-refractivity contribution in [1.82, 2.24) is 10.6 Å². The Labute approximate surface area is 231 Å². The number of nitrogens with one attached hydrogen (secondary N) is 2. The van der Waals surface area contributed by atoms with Crippen LogP contribution in [0, 0.1) is 5.41 Å². The Kier molecular flexibility index (Phi) is 11.4. The maximum Gasteiger partial charge on any atom is 0.407 e. The quantitative estimate of drug-likeness (QED) is 0.347. The number of aliphatic hydroxyl groups excluding tert-OH is 1. The molecule has 0 spiro atoms. The Hall–Kier alpha value is -2.40. The number of nitrogens with two attached hydrogens (primary N) is 1. The van der Waals surface area contributed by atoms with Crippen LogP contribution >= 0.6 is 12.4 Å². The standard InChI is InChI=1S/C27H42N4O6.ClH/c1-26(2,14-20(28)22(32)16-29-24(34)27(37-4)11-7-8-12-27)15-23(33)31-17-19(30-25(35)36-3)13-18-9-5-6-10-21(18)31;/h5-6,9-10,19-20,22,32H,7-8,11-17,28H2,1-4H3,(H,29,34)(H,30,35);1H/t19?,20-,22-;/m0./s1. The van der Waals surface area contributed by atoms with Gasteiger partial charge in [-0.15, -0.1) is 12.4 Å². The number of ether oxygens (including phenoxy) is 2. The van der Waals surface area contributed by atoms with Crippen molar-refractivity contribution in [3.05, 3.63) is 29.8 Å². The van der Waals surface area contributed by atoms with Gasteiger partial charge in [0.15, 0.2) is 0 Å². The lowest BCUT2D eigenvalue weighted by Gasteiger charge is -2.37. The lowest BCUT2D eigenvalue weighted by Crippen LogP contribution is -2.52. The molecule has 1 unspecified atom stereocenters. The molecule has 1 aromatic carbocycles. The molecule has 1 aliphatic heterocycles. The molecule has 10 nitrogen and oxygen atoms in total. The number of methoxy groups -OCH3 is 2. The second-order valence-corrected chi connectivity index (χ2v) is 11.1. The van der Waals surface area contributed by atoms with Gasteiger partial charge in [-0.25, -0.2) is 4.79 Å². The van der Waals surface area contributed by atoms with Crippen molar-refractivity contribution in [2.45, 2.75) is 82.6 Å². The van der Waals surface area contributed by atoms with Gasteiger partial charge >= 0.3 is 6.09 Å². The van der Waals surface area contributed by atoms with Crippen LogP contribution in [0.3, 0.4) is 0 Å². The molecule has 0 radical (unpaired) electrons. The zero-order valence-electron chi connectivity index (χ0n) is 22.8. The fraction of sp³-hybridized carbons (Fsp3) is 0.667. The Morgan fingerprint density at radius 1 is 1.21 bits per heavy atom. The molecule has 1 saturated carbocycles. The number of carbonyl (C=O) groups is 3. The summed E-state index contributed by atoms with van der Waals surface area (Å²) in [6.07, 6.45) is 2.90. The average Bonchev–Trinajstić information content (AvgIpc) is 3.36. The summed E-state index contributed by atoms with van der Waals surface area (Å²) in [6.45, 7) is 4.24. The molecule has 1 heterocycles. The first kappa shape index (κ1) is 31.8. The fourth-order valence-corrected chi connectivity index (χ4v) is 5.48. The van der Waals surface area contributed by atoms with Crippen molar-refractivity contribution in [3.63, 3.8) is 0 Å². The van der Waals surface area contributed by atoms with E-state index in [2.05, 4.69) is 10.6 Å². The van der Waals surface area contributed by atoms with Crippen molar-refractivity contribution in [1.29, 1.82) is 0 Å². The Morgan fingerprint density at radius 2 is 1.87 bits per heavy atom. The van der Waals surface area contributed by atoms with Crippen LogP contribution in [0.4, 0.5) is 10.5 Å². The van der Waals surface area contributed by atoms with Crippen molar-refractivity contribution < 1.29 is 29.0 Å². The summed E-state index contributed by atoms with van der Waals surface area (Å²) in [5.74, 6) is -0.306. The van der Waals surface area contributed by atoms with Gasteiger partial charge in [-0.1, -0.05) is 32.0 Å². The molecule has 0 bridgehead atoms. The molecule has 1 aromatic rings. The number of fused-ring (bicyclic) bond motifs is 1. The molecule has 3 rings (SSSR count). The minimum Gasteiger partial charge on any atom is -0.453 e. The molecule has 0 aromatic heterocycles. The molecule has 3 atom stereocenters. The van der Waals surface area contributed by atoms with Crippen LogP contribution in [-0.4, -0.2) is 74.1 Å². The van der Waals surface area contributed by atoms with Crippen molar-refractivity contribution in [3.8, 4) is 0 Å². The number of hydrogen-bond donors (Lipinski definition) is 4. The molecular weight excluding hydrogens is 512 g/mol. The first-order valence-electron chi connectivity index (χ1n) is 13.0. The minimum atomic E-state index is -0.960. The Balaban J connectivity index is 0.00000507. The maximum atomic E-state index is 13.5. The van der Waals surface area contributed by atoms with Gasteiger partial charge in [0.25, 0.3) is 5.91 Å². The number of benzene rings is 1. The predicted molar refractivity (Wildman–Crippen MR) is 147 cm³/mol. The van der Waals surface area contributed by atoms with Gasteiger partial charge in [0.1, 0.15) is 5.60 Å². The van der Waals surface area contributed by atoms with Gasteiger partial charge in [-0.05, 0) is 55.6 Å². The average molecular weight is 555 g/mol. The number of rotatable bonds is 10. The smallest absolute Gasteiger partial charge is 0.407 e. The molecule has 38 heavy (non-hydrogen) atoms. The molecule has 5 N–H and O–H groups in total. The van der Waals surface area contributed by atoms with Gasteiger partial charge < -0.3 is 35.8 Å². The first-order chi connectivity index (χ1) is 17.5. The summed E-state index contributed by atoms with van der Waals surface area (Å²) in [7, 11) is 2.85.